The molecule has 2 atom stereocenters. The number of aromatic nitrogens is 1. The Balaban J connectivity index is 1.83. The first-order valence-corrected chi connectivity index (χ1v) is 7.22. The van der Waals surface area contributed by atoms with Gasteiger partial charge in [0.2, 0.25) is 5.91 Å². The minimum atomic E-state index is -0.979. The quantitative estimate of drug-likeness (QED) is 0.842. The van der Waals surface area contributed by atoms with Crippen LogP contribution in [0.25, 0.3) is 0 Å². The molecule has 0 bridgehead atoms. The van der Waals surface area contributed by atoms with E-state index in [1.54, 1.807) is 24.1 Å². The van der Waals surface area contributed by atoms with Gasteiger partial charge >= 0.3 is 0 Å². The van der Waals surface area contributed by atoms with Gasteiger partial charge in [-0.1, -0.05) is 11.6 Å². The van der Waals surface area contributed by atoms with E-state index in [4.69, 9.17) is 16.3 Å². The third-order valence-corrected chi connectivity index (χ3v) is 3.96. The summed E-state index contributed by atoms with van der Waals surface area (Å²) in [5.41, 5.74) is -0.979. The van der Waals surface area contributed by atoms with E-state index in [1.165, 1.54) is 6.20 Å². The zero-order valence-corrected chi connectivity index (χ0v) is 12.9. The number of hydrogen-bond donors (Lipinski definition) is 2. The van der Waals surface area contributed by atoms with Crippen molar-refractivity contribution < 1.29 is 14.6 Å². The van der Waals surface area contributed by atoms with Gasteiger partial charge in [0.1, 0.15) is 11.4 Å². The highest BCUT2D eigenvalue weighted by atomic mass is 35.5. The summed E-state index contributed by atoms with van der Waals surface area (Å²) in [5, 5.41) is 13.6. The number of ether oxygens (including phenoxy) is 1. The van der Waals surface area contributed by atoms with Crippen molar-refractivity contribution in [3.05, 3.63) is 23.4 Å². The van der Waals surface area contributed by atoms with E-state index in [0.29, 0.717) is 23.9 Å². The van der Waals surface area contributed by atoms with Crippen LogP contribution in [0.1, 0.15) is 13.3 Å². The number of carbonyl (C=O) groups is 1. The minimum Gasteiger partial charge on any atom is -0.385 e. The molecule has 0 aromatic carbocycles. The van der Waals surface area contributed by atoms with E-state index in [9.17, 15) is 9.90 Å². The predicted molar refractivity (Wildman–Crippen MR) is 80.5 cm³/mol. The number of hydrogen-bond acceptors (Lipinski definition) is 5. The van der Waals surface area contributed by atoms with Crippen molar-refractivity contribution in [1.29, 1.82) is 0 Å². The van der Waals surface area contributed by atoms with Crippen LogP contribution in [0.5, 0.6) is 0 Å². The molecule has 1 saturated heterocycles. The Kier molecular flexibility index (Phi) is 5.03. The summed E-state index contributed by atoms with van der Waals surface area (Å²) in [6.07, 6.45) is 1.79. The van der Waals surface area contributed by atoms with Crippen LogP contribution in [0.2, 0.25) is 5.02 Å². The lowest BCUT2D eigenvalue weighted by Gasteiger charge is -2.26. The highest BCUT2D eigenvalue weighted by molar-refractivity contribution is 6.30. The Morgan fingerprint density at radius 2 is 2.43 bits per heavy atom. The number of rotatable bonds is 5. The van der Waals surface area contributed by atoms with Crippen LogP contribution < -0.4 is 10.2 Å². The highest BCUT2D eigenvalue weighted by Gasteiger charge is 2.39. The van der Waals surface area contributed by atoms with Gasteiger partial charge in [0.25, 0.3) is 0 Å². The van der Waals surface area contributed by atoms with Crippen molar-refractivity contribution in [2.45, 2.75) is 25.0 Å². The number of nitrogens with zero attached hydrogens (tertiary/aromatic N) is 2. The van der Waals surface area contributed by atoms with Crippen LogP contribution in [0.3, 0.4) is 0 Å². The van der Waals surface area contributed by atoms with Crippen LogP contribution in [0.4, 0.5) is 5.82 Å². The number of likely N-dealkylation sites (N-methyl/N-ethyl adjacent to an activating group) is 1. The van der Waals surface area contributed by atoms with Gasteiger partial charge in [-0.3, -0.25) is 4.79 Å². The van der Waals surface area contributed by atoms with Crippen LogP contribution in [-0.2, 0) is 9.53 Å². The molecule has 0 spiro atoms. The second kappa shape index (κ2) is 6.60. The number of halogens is 1. The first-order valence-electron chi connectivity index (χ1n) is 6.84. The lowest BCUT2D eigenvalue weighted by atomic mass is 9.97. The van der Waals surface area contributed by atoms with Crippen molar-refractivity contribution in [3.8, 4) is 0 Å². The summed E-state index contributed by atoms with van der Waals surface area (Å²) in [4.78, 5) is 17.8. The zero-order valence-electron chi connectivity index (χ0n) is 12.2. The van der Waals surface area contributed by atoms with Gasteiger partial charge in [0.15, 0.2) is 0 Å². The first-order chi connectivity index (χ1) is 9.90. The number of amides is 1. The normalized spacial score (nSPS) is 24.9. The Bertz CT molecular complexity index is 497. The largest absolute Gasteiger partial charge is 0.385 e. The van der Waals surface area contributed by atoms with Crippen molar-refractivity contribution in [2.75, 3.05) is 31.6 Å². The highest BCUT2D eigenvalue weighted by Crippen LogP contribution is 2.24. The van der Waals surface area contributed by atoms with Gasteiger partial charge in [-0.2, -0.15) is 0 Å². The molecule has 0 saturated carbocycles. The SMILES string of the molecule is CC1OCCC1(O)CNC(=O)CN(C)c1ccc(Cl)cn1. The molecular weight excluding hydrogens is 294 g/mol. The fourth-order valence-corrected chi connectivity index (χ4v) is 2.31. The molecule has 1 aromatic rings. The van der Waals surface area contributed by atoms with E-state index >= 15 is 0 Å². The molecule has 2 unspecified atom stereocenters. The number of aliphatic hydroxyl groups is 1. The number of carbonyl (C=O) groups excluding carboxylic acids is 1. The van der Waals surface area contributed by atoms with Crippen molar-refractivity contribution in [2.24, 2.45) is 0 Å². The van der Waals surface area contributed by atoms with Gasteiger partial charge in [0.05, 0.1) is 17.7 Å². The lowest BCUT2D eigenvalue weighted by molar-refractivity contribution is -0.121. The summed E-state index contributed by atoms with van der Waals surface area (Å²) < 4.78 is 5.33. The summed E-state index contributed by atoms with van der Waals surface area (Å²) in [7, 11) is 1.77. The third kappa shape index (κ3) is 4.06. The predicted octanol–water partition coefficient (Wildman–Crippen LogP) is 0.827. The first kappa shape index (κ1) is 16.0. The fourth-order valence-electron chi connectivity index (χ4n) is 2.20. The van der Waals surface area contributed by atoms with Crippen LogP contribution in [0.15, 0.2) is 18.3 Å². The monoisotopic (exact) mass is 313 g/mol. The summed E-state index contributed by atoms with van der Waals surface area (Å²) >= 11 is 5.77. The molecule has 1 aliphatic rings. The minimum absolute atomic E-state index is 0.153. The molecule has 1 amide bonds. The second-order valence-corrected chi connectivity index (χ2v) is 5.77. The van der Waals surface area contributed by atoms with Gasteiger partial charge in [-0.05, 0) is 19.1 Å². The van der Waals surface area contributed by atoms with E-state index in [-0.39, 0.29) is 25.1 Å². The summed E-state index contributed by atoms with van der Waals surface area (Å²) in [6, 6.07) is 3.47. The third-order valence-electron chi connectivity index (χ3n) is 3.73. The average molecular weight is 314 g/mol. The smallest absolute Gasteiger partial charge is 0.239 e. The second-order valence-electron chi connectivity index (χ2n) is 5.33. The zero-order chi connectivity index (χ0) is 15.5. The molecular formula is C14H20ClN3O3. The molecule has 2 heterocycles. The summed E-state index contributed by atoms with van der Waals surface area (Å²) in [6.45, 7) is 2.67. The molecule has 0 radical (unpaired) electrons. The Hall–Kier alpha value is -1.37. The molecule has 1 fully saturated rings. The summed E-state index contributed by atoms with van der Waals surface area (Å²) in [5.74, 6) is 0.479. The molecule has 21 heavy (non-hydrogen) atoms. The molecule has 0 aliphatic carbocycles. The molecule has 1 aliphatic heterocycles. The van der Waals surface area contributed by atoms with E-state index in [0.717, 1.165) is 0 Å². The Morgan fingerprint density at radius 3 is 3.00 bits per heavy atom. The van der Waals surface area contributed by atoms with Gasteiger partial charge < -0.3 is 20.1 Å². The van der Waals surface area contributed by atoms with E-state index < -0.39 is 5.60 Å². The maximum atomic E-state index is 11.9. The number of anilines is 1. The van der Waals surface area contributed by atoms with Crippen LogP contribution >= 0.6 is 11.6 Å². The van der Waals surface area contributed by atoms with Crippen LogP contribution in [0, 0.1) is 0 Å². The van der Waals surface area contributed by atoms with Gasteiger partial charge in [-0.25, -0.2) is 4.98 Å². The molecule has 116 valence electrons. The van der Waals surface area contributed by atoms with E-state index in [1.807, 2.05) is 6.92 Å². The molecule has 6 nitrogen and oxygen atoms in total. The number of nitrogens with one attached hydrogen (secondary N) is 1. The van der Waals surface area contributed by atoms with Gasteiger partial charge in [-0.15, -0.1) is 0 Å². The molecule has 1 aromatic heterocycles. The molecule has 7 heteroatoms. The van der Waals surface area contributed by atoms with Crippen molar-refractivity contribution >= 4 is 23.3 Å². The van der Waals surface area contributed by atoms with Crippen molar-refractivity contribution in [3.63, 3.8) is 0 Å². The Morgan fingerprint density at radius 1 is 1.67 bits per heavy atom. The van der Waals surface area contributed by atoms with E-state index in [2.05, 4.69) is 10.3 Å². The molecule has 2 rings (SSSR count). The standard InChI is InChI=1S/C14H20ClN3O3/c1-10-14(20,5-6-21-10)9-17-13(19)8-18(2)12-4-3-11(15)7-16-12/h3-4,7,10,20H,5-6,8-9H2,1-2H3,(H,17,19). The maximum Gasteiger partial charge on any atom is 0.239 e. The lowest BCUT2D eigenvalue weighted by Crippen LogP contribution is -2.49. The average Bonchev–Trinajstić information content (AvgIpc) is 2.78. The number of pyridine rings is 1. The Labute approximate surface area is 129 Å². The van der Waals surface area contributed by atoms with Crippen LogP contribution in [-0.4, -0.2) is 54.4 Å². The van der Waals surface area contributed by atoms with Crippen molar-refractivity contribution in [1.82, 2.24) is 10.3 Å². The van der Waals surface area contributed by atoms with Gasteiger partial charge in [0, 0.05) is 32.8 Å². The fraction of sp³-hybridized carbons (Fsp3) is 0.571. The topological polar surface area (TPSA) is 74.7 Å². The maximum absolute atomic E-state index is 11.9. The molecule has 2 N–H and O–H groups in total.